The minimum atomic E-state index is -0.846. The van der Waals surface area contributed by atoms with Crippen molar-refractivity contribution < 1.29 is 14.6 Å². The van der Waals surface area contributed by atoms with E-state index >= 15 is 0 Å². The molecule has 0 atom stereocenters. The molecule has 0 bridgehead atoms. The number of hydrogen-bond donors (Lipinski definition) is 1. The van der Waals surface area contributed by atoms with E-state index in [1.807, 2.05) is 0 Å². The van der Waals surface area contributed by atoms with Crippen LogP contribution in [0.4, 0.5) is 0 Å². The quantitative estimate of drug-likeness (QED) is 0.922. The number of hydrogen-bond acceptors (Lipinski definition) is 3. The van der Waals surface area contributed by atoms with E-state index in [-0.39, 0.29) is 5.91 Å². The molecule has 1 aliphatic heterocycles. The van der Waals surface area contributed by atoms with Gasteiger partial charge in [-0.1, -0.05) is 17.7 Å². The number of likely N-dealkylation sites (N-methyl/N-ethyl adjacent to an activating group) is 1. The molecule has 2 rings (SSSR count). The van der Waals surface area contributed by atoms with E-state index in [4.69, 9.17) is 16.3 Å². The lowest BCUT2D eigenvalue weighted by atomic mass is 9.94. The first-order valence-electron chi connectivity index (χ1n) is 6.31. The van der Waals surface area contributed by atoms with Gasteiger partial charge in [0.15, 0.2) is 0 Å². The molecular formula is C14H18ClNO3. The van der Waals surface area contributed by atoms with Crippen LogP contribution in [0, 0.1) is 0 Å². The van der Waals surface area contributed by atoms with Crippen LogP contribution in [0.1, 0.15) is 23.2 Å². The Labute approximate surface area is 117 Å². The smallest absolute Gasteiger partial charge is 0.253 e. The van der Waals surface area contributed by atoms with Crippen molar-refractivity contribution in [3.05, 3.63) is 34.9 Å². The van der Waals surface area contributed by atoms with Gasteiger partial charge in [0.2, 0.25) is 0 Å². The molecule has 0 saturated carbocycles. The summed E-state index contributed by atoms with van der Waals surface area (Å²) in [5.41, 5.74) is -0.313. The van der Waals surface area contributed by atoms with Gasteiger partial charge in [0.05, 0.1) is 5.60 Å². The van der Waals surface area contributed by atoms with Crippen molar-refractivity contribution in [3.63, 3.8) is 0 Å². The highest BCUT2D eigenvalue weighted by Gasteiger charge is 2.32. The summed E-state index contributed by atoms with van der Waals surface area (Å²) in [4.78, 5) is 13.8. The monoisotopic (exact) mass is 283 g/mol. The third-order valence-corrected chi connectivity index (χ3v) is 3.61. The second kappa shape index (κ2) is 5.90. The topological polar surface area (TPSA) is 49.8 Å². The molecule has 104 valence electrons. The van der Waals surface area contributed by atoms with E-state index in [1.165, 1.54) is 4.90 Å². The first-order valence-corrected chi connectivity index (χ1v) is 6.69. The van der Waals surface area contributed by atoms with Gasteiger partial charge in [0.1, 0.15) is 0 Å². The van der Waals surface area contributed by atoms with Crippen molar-refractivity contribution in [3.8, 4) is 0 Å². The summed E-state index contributed by atoms with van der Waals surface area (Å²) in [5, 5.41) is 10.9. The second-order valence-corrected chi connectivity index (χ2v) is 5.44. The molecule has 0 radical (unpaired) electrons. The minimum Gasteiger partial charge on any atom is -0.388 e. The van der Waals surface area contributed by atoms with Gasteiger partial charge in [-0.05, 0) is 18.2 Å². The van der Waals surface area contributed by atoms with E-state index < -0.39 is 5.60 Å². The van der Waals surface area contributed by atoms with Gasteiger partial charge in [-0.3, -0.25) is 4.79 Å². The maximum atomic E-state index is 12.2. The zero-order valence-electron chi connectivity index (χ0n) is 10.9. The van der Waals surface area contributed by atoms with Gasteiger partial charge in [-0.2, -0.15) is 0 Å². The lowest BCUT2D eigenvalue weighted by molar-refractivity contribution is -0.0734. The van der Waals surface area contributed by atoms with Crippen LogP contribution < -0.4 is 0 Å². The lowest BCUT2D eigenvalue weighted by Gasteiger charge is -2.35. The summed E-state index contributed by atoms with van der Waals surface area (Å²) in [5.74, 6) is -0.137. The Balaban J connectivity index is 2.03. The Kier molecular flexibility index (Phi) is 4.45. The Bertz CT molecular complexity index is 458. The third kappa shape index (κ3) is 3.69. The third-order valence-electron chi connectivity index (χ3n) is 3.37. The van der Waals surface area contributed by atoms with Crippen molar-refractivity contribution in [1.29, 1.82) is 0 Å². The van der Waals surface area contributed by atoms with Crippen molar-refractivity contribution >= 4 is 17.5 Å². The van der Waals surface area contributed by atoms with E-state index in [1.54, 1.807) is 31.3 Å². The molecule has 1 fully saturated rings. The van der Waals surface area contributed by atoms with Crippen molar-refractivity contribution in [2.45, 2.75) is 18.4 Å². The molecule has 5 heteroatoms. The minimum absolute atomic E-state index is 0.137. The van der Waals surface area contributed by atoms with Crippen molar-refractivity contribution in [2.75, 3.05) is 26.8 Å². The van der Waals surface area contributed by atoms with Crippen molar-refractivity contribution in [1.82, 2.24) is 4.90 Å². The van der Waals surface area contributed by atoms with Crippen LogP contribution >= 0.6 is 11.6 Å². The fourth-order valence-corrected chi connectivity index (χ4v) is 2.45. The average Bonchev–Trinajstić information content (AvgIpc) is 2.38. The van der Waals surface area contributed by atoms with Crippen LogP contribution in [0.5, 0.6) is 0 Å². The number of carbonyl (C=O) groups is 1. The highest BCUT2D eigenvalue weighted by atomic mass is 35.5. The summed E-state index contributed by atoms with van der Waals surface area (Å²) in [7, 11) is 1.69. The fraction of sp³-hybridized carbons (Fsp3) is 0.500. The molecule has 1 aromatic rings. The molecule has 19 heavy (non-hydrogen) atoms. The molecule has 1 aliphatic rings. The highest BCUT2D eigenvalue weighted by molar-refractivity contribution is 6.30. The number of aliphatic hydroxyl groups is 1. The number of carbonyl (C=O) groups excluding carboxylic acids is 1. The number of halogens is 1. The molecular weight excluding hydrogens is 266 g/mol. The zero-order chi connectivity index (χ0) is 13.9. The molecule has 1 aromatic carbocycles. The Hall–Kier alpha value is -1.10. The van der Waals surface area contributed by atoms with E-state index in [9.17, 15) is 9.90 Å². The average molecular weight is 284 g/mol. The number of amides is 1. The van der Waals surface area contributed by atoms with E-state index in [0.717, 1.165) is 0 Å². The summed E-state index contributed by atoms with van der Waals surface area (Å²) >= 11 is 5.88. The fourth-order valence-electron chi connectivity index (χ4n) is 2.26. The SMILES string of the molecule is CN(CC1(O)CCOCC1)C(=O)c1cccc(Cl)c1. The second-order valence-electron chi connectivity index (χ2n) is 5.01. The van der Waals surface area contributed by atoms with Crippen LogP contribution in [0.25, 0.3) is 0 Å². The van der Waals surface area contributed by atoms with Crippen LogP contribution in [-0.2, 0) is 4.74 Å². The highest BCUT2D eigenvalue weighted by Crippen LogP contribution is 2.22. The first-order chi connectivity index (χ1) is 9.00. The number of rotatable bonds is 3. The molecule has 1 heterocycles. The summed E-state index contributed by atoms with van der Waals surface area (Å²) in [6.45, 7) is 1.38. The van der Waals surface area contributed by atoms with Gasteiger partial charge < -0.3 is 14.7 Å². The Morgan fingerprint density at radius 3 is 2.79 bits per heavy atom. The van der Waals surface area contributed by atoms with Gasteiger partial charge in [-0.15, -0.1) is 0 Å². The van der Waals surface area contributed by atoms with Crippen LogP contribution in [0.3, 0.4) is 0 Å². The maximum Gasteiger partial charge on any atom is 0.253 e. The largest absolute Gasteiger partial charge is 0.388 e. The molecule has 0 aliphatic carbocycles. The molecule has 1 amide bonds. The Morgan fingerprint density at radius 2 is 2.16 bits per heavy atom. The molecule has 1 saturated heterocycles. The normalized spacial score (nSPS) is 18.1. The van der Waals surface area contributed by atoms with E-state index in [2.05, 4.69) is 0 Å². The molecule has 0 aromatic heterocycles. The molecule has 0 spiro atoms. The molecule has 4 nitrogen and oxygen atoms in total. The maximum absolute atomic E-state index is 12.2. The van der Waals surface area contributed by atoms with E-state index in [0.29, 0.717) is 43.2 Å². The van der Waals surface area contributed by atoms with Crippen molar-refractivity contribution in [2.24, 2.45) is 0 Å². The summed E-state index contributed by atoms with van der Waals surface area (Å²) in [6, 6.07) is 6.82. The lowest BCUT2D eigenvalue weighted by Crippen LogP contribution is -2.47. The Morgan fingerprint density at radius 1 is 1.47 bits per heavy atom. The number of nitrogens with zero attached hydrogens (tertiary/aromatic N) is 1. The van der Waals surface area contributed by atoms with Gasteiger partial charge in [0, 0.05) is 50.2 Å². The predicted octanol–water partition coefficient (Wildman–Crippen LogP) is 1.95. The summed E-state index contributed by atoms with van der Waals surface area (Å²) < 4.78 is 5.23. The van der Waals surface area contributed by atoms with Crippen LogP contribution in [0.2, 0.25) is 5.02 Å². The predicted molar refractivity (Wildman–Crippen MR) is 73.4 cm³/mol. The molecule has 1 N–H and O–H groups in total. The standard InChI is InChI=1S/C14H18ClNO3/c1-16(10-14(18)5-7-19-8-6-14)13(17)11-3-2-4-12(15)9-11/h2-4,9,18H,5-8,10H2,1H3. The van der Waals surface area contributed by atoms with Crippen LogP contribution in [0.15, 0.2) is 24.3 Å². The number of benzene rings is 1. The van der Waals surface area contributed by atoms with Gasteiger partial charge in [-0.25, -0.2) is 0 Å². The first kappa shape index (κ1) is 14.3. The number of ether oxygens (including phenoxy) is 1. The zero-order valence-corrected chi connectivity index (χ0v) is 11.7. The molecule has 0 unspecified atom stereocenters. The summed E-state index contributed by atoms with van der Waals surface area (Å²) in [6.07, 6.45) is 1.11. The van der Waals surface area contributed by atoms with Gasteiger partial charge in [0.25, 0.3) is 5.91 Å². The van der Waals surface area contributed by atoms with Crippen LogP contribution in [-0.4, -0.2) is 48.3 Å². The van der Waals surface area contributed by atoms with Gasteiger partial charge >= 0.3 is 0 Å².